The number of benzene rings is 2. The van der Waals surface area contributed by atoms with E-state index in [-0.39, 0.29) is 11.7 Å². The average molecular weight is 509 g/mol. The van der Waals surface area contributed by atoms with Crippen LogP contribution in [-0.2, 0) is 0 Å². The molecule has 2 aliphatic rings. The van der Waals surface area contributed by atoms with E-state index in [1.807, 2.05) is 17.9 Å². The molecule has 1 amide bonds. The van der Waals surface area contributed by atoms with E-state index in [2.05, 4.69) is 4.90 Å². The lowest BCUT2D eigenvalue weighted by Gasteiger charge is -2.34. The number of amides is 1. The summed E-state index contributed by atoms with van der Waals surface area (Å²) in [6.07, 6.45) is 11.0. The maximum Gasteiger partial charge on any atom is 0.254 e. The first kappa shape index (κ1) is 27.2. The molecule has 4 rings (SSSR count). The molecule has 0 aromatic heterocycles. The fourth-order valence-corrected chi connectivity index (χ4v) is 5.82. The van der Waals surface area contributed by atoms with Gasteiger partial charge in [-0.15, -0.1) is 0 Å². The monoisotopic (exact) mass is 508 g/mol. The molecule has 2 aromatic carbocycles. The van der Waals surface area contributed by atoms with E-state index >= 15 is 0 Å². The molecule has 1 unspecified atom stereocenters. The lowest BCUT2D eigenvalue weighted by Crippen LogP contribution is -2.45. The van der Waals surface area contributed by atoms with E-state index in [0.29, 0.717) is 36.2 Å². The van der Waals surface area contributed by atoms with Crippen LogP contribution < -0.4 is 9.47 Å². The molecule has 6 heteroatoms. The topological polar surface area (TPSA) is 42.0 Å². The van der Waals surface area contributed by atoms with Gasteiger partial charge >= 0.3 is 0 Å². The third-order valence-corrected chi connectivity index (χ3v) is 7.76. The lowest BCUT2D eigenvalue weighted by molar-refractivity contribution is 0.0709. The number of ether oxygens (including phenoxy) is 2. The molecule has 37 heavy (non-hydrogen) atoms. The van der Waals surface area contributed by atoms with Crippen molar-refractivity contribution in [1.29, 1.82) is 0 Å². The van der Waals surface area contributed by atoms with Gasteiger partial charge in [0.05, 0.1) is 14.2 Å². The van der Waals surface area contributed by atoms with Gasteiger partial charge in [-0.25, -0.2) is 4.39 Å². The summed E-state index contributed by atoms with van der Waals surface area (Å²) in [5.74, 6) is 1.69. The van der Waals surface area contributed by atoms with Gasteiger partial charge in [-0.2, -0.15) is 0 Å². The number of hydrogen-bond acceptors (Lipinski definition) is 4. The SMILES string of the molecule is COc1cc(OC)cc(C(=O)N(C/C(C)=C/c2ccc(F)cc2)CC2CCCN2CC2CCCCC2)c1. The molecule has 1 heterocycles. The van der Waals surface area contributed by atoms with E-state index in [0.717, 1.165) is 36.6 Å². The smallest absolute Gasteiger partial charge is 0.254 e. The minimum Gasteiger partial charge on any atom is -0.497 e. The van der Waals surface area contributed by atoms with Crippen LogP contribution in [0.2, 0.25) is 0 Å². The first-order valence-corrected chi connectivity index (χ1v) is 13.6. The number of carbonyl (C=O) groups is 1. The molecule has 1 saturated carbocycles. The third kappa shape index (κ3) is 7.57. The largest absolute Gasteiger partial charge is 0.497 e. The maximum atomic E-state index is 13.9. The number of carbonyl (C=O) groups excluding carboxylic acids is 1. The third-order valence-electron chi connectivity index (χ3n) is 7.76. The number of rotatable bonds is 10. The Hall–Kier alpha value is -2.86. The second-order valence-electron chi connectivity index (χ2n) is 10.6. The van der Waals surface area contributed by atoms with Crippen LogP contribution in [0.1, 0.15) is 67.8 Å². The molecule has 1 saturated heterocycles. The number of hydrogen-bond donors (Lipinski definition) is 0. The Bertz CT molecular complexity index is 1040. The van der Waals surface area contributed by atoms with Crippen LogP contribution in [0.4, 0.5) is 4.39 Å². The highest BCUT2D eigenvalue weighted by Gasteiger charge is 2.31. The quantitative estimate of drug-likeness (QED) is 0.371. The molecule has 0 spiro atoms. The first-order chi connectivity index (χ1) is 17.9. The Kier molecular flexibility index (Phi) is 9.62. The van der Waals surface area contributed by atoms with Gasteiger partial charge in [0.2, 0.25) is 0 Å². The zero-order chi connectivity index (χ0) is 26.2. The Labute approximate surface area is 221 Å². The van der Waals surface area contributed by atoms with Crippen LogP contribution >= 0.6 is 0 Å². The van der Waals surface area contributed by atoms with Gasteiger partial charge in [0, 0.05) is 37.3 Å². The van der Waals surface area contributed by atoms with E-state index in [4.69, 9.17) is 9.47 Å². The van der Waals surface area contributed by atoms with Gasteiger partial charge in [0.1, 0.15) is 17.3 Å². The highest BCUT2D eigenvalue weighted by atomic mass is 19.1. The molecule has 0 N–H and O–H groups in total. The Balaban J connectivity index is 1.55. The van der Waals surface area contributed by atoms with Crippen molar-refractivity contribution in [3.8, 4) is 11.5 Å². The molecule has 0 bridgehead atoms. The highest BCUT2D eigenvalue weighted by Crippen LogP contribution is 2.29. The maximum absolute atomic E-state index is 13.9. The van der Waals surface area contributed by atoms with E-state index < -0.39 is 0 Å². The van der Waals surface area contributed by atoms with Crippen molar-refractivity contribution in [2.24, 2.45) is 5.92 Å². The van der Waals surface area contributed by atoms with Crippen LogP contribution in [-0.4, -0.2) is 62.1 Å². The summed E-state index contributed by atoms with van der Waals surface area (Å²) in [6.45, 7) is 5.47. The summed E-state index contributed by atoms with van der Waals surface area (Å²) in [5.41, 5.74) is 2.53. The van der Waals surface area contributed by atoms with Crippen molar-refractivity contribution in [1.82, 2.24) is 9.80 Å². The predicted molar refractivity (Wildman–Crippen MR) is 147 cm³/mol. The molecule has 0 radical (unpaired) electrons. The zero-order valence-corrected chi connectivity index (χ0v) is 22.5. The van der Waals surface area contributed by atoms with Crippen LogP contribution in [0.15, 0.2) is 48.0 Å². The van der Waals surface area contributed by atoms with Crippen molar-refractivity contribution in [2.75, 3.05) is 40.4 Å². The van der Waals surface area contributed by atoms with Gasteiger partial charge in [-0.05, 0) is 74.9 Å². The molecule has 1 aliphatic carbocycles. The number of halogens is 1. The van der Waals surface area contributed by atoms with Gasteiger partial charge in [0.15, 0.2) is 0 Å². The minimum absolute atomic E-state index is 0.0337. The second-order valence-corrected chi connectivity index (χ2v) is 10.6. The Morgan fingerprint density at radius 1 is 1.00 bits per heavy atom. The number of likely N-dealkylation sites (tertiary alicyclic amines) is 1. The number of methoxy groups -OCH3 is 2. The normalized spacial score (nSPS) is 19.1. The van der Waals surface area contributed by atoms with Crippen molar-refractivity contribution in [3.63, 3.8) is 0 Å². The van der Waals surface area contributed by atoms with E-state index in [9.17, 15) is 9.18 Å². The molecule has 1 aliphatic heterocycles. The Morgan fingerprint density at radius 3 is 2.32 bits per heavy atom. The van der Waals surface area contributed by atoms with Crippen molar-refractivity contribution < 1.29 is 18.7 Å². The van der Waals surface area contributed by atoms with Crippen molar-refractivity contribution in [3.05, 3.63) is 65.0 Å². The summed E-state index contributed by atoms with van der Waals surface area (Å²) >= 11 is 0. The van der Waals surface area contributed by atoms with Crippen LogP contribution in [0.25, 0.3) is 6.08 Å². The van der Waals surface area contributed by atoms with E-state index in [1.54, 1.807) is 44.6 Å². The predicted octanol–water partition coefficient (Wildman–Crippen LogP) is 6.43. The number of nitrogens with zero attached hydrogens (tertiary/aromatic N) is 2. The van der Waals surface area contributed by atoms with Crippen molar-refractivity contribution >= 4 is 12.0 Å². The Morgan fingerprint density at radius 2 is 1.68 bits per heavy atom. The fourth-order valence-electron chi connectivity index (χ4n) is 5.82. The summed E-state index contributed by atoms with van der Waals surface area (Å²) in [4.78, 5) is 18.5. The average Bonchev–Trinajstić information content (AvgIpc) is 3.35. The van der Waals surface area contributed by atoms with Crippen molar-refractivity contribution in [2.45, 2.75) is 57.9 Å². The molecule has 200 valence electrons. The lowest BCUT2D eigenvalue weighted by atomic mass is 9.89. The van der Waals surface area contributed by atoms with Gasteiger partial charge in [-0.3, -0.25) is 9.69 Å². The van der Waals surface area contributed by atoms with Gasteiger partial charge in [0.25, 0.3) is 5.91 Å². The molecule has 2 aromatic rings. The molecular weight excluding hydrogens is 467 g/mol. The van der Waals surface area contributed by atoms with Crippen LogP contribution in [0, 0.1) is 11.7 Å². The summed E-state index contributed by atoms with van der Waals surface area (Å²) < 4.78 is 24.2. The fraction of sp³-hybridized carbons (Fsp3) is 0.516. The van der Waals surface area contributed by atoms with Gasteiger partial charge in [-0.1, -0.05) is 43.0 Å². The van der Waals surface area contributed by atoms with Crippen LogP contribution in [0.5, 0.6) is 11.5 Å². The first-order valence-electron chi connectivity index (χ1n) is 13.6. The zero-order valence-electron chi connectivity index (χ0n) is 22.5. The summed E-state index contributed by atoms with van der Waals surface area (Å²) in [7, 11) is 3.19. The van der Waals surface area contributed by atoms with E-state index in [1.165, 1.54) is 50.7 Å². The highest BCUT2D eigenvalue weighted by molar-refractivity contribution is 5.95. The summed E-state index contributed by atoms with van der Waals surface area (Å²) in [5, 5.41) is 0. The van der Waals surface area contributed by atoms with Gasteiger partial charge < -0.3 is 14.4 Å². The molecule has 1 atom stereocenters. The van der Waals surface area contributed by atoms with Crippen LogP contribution in [0.3, 0.4) is 0 Å². The molecule has 5 nitrogen and oxygen atoms in total. The second kappa shape index (κ2) is 13.1. The minimum atomic E-state index is -0.252. The molecule has 2 fully saturated rings. The standard InChI is InChI=1S/C31H41FN2O3/c1-23(16-24-11-13-27(32)14-12-24)20-34(31(35)26-17-29(36-2)19-30(18-26)37-3)22-28-10-7-15-33(28)21-25-8-5-4-6-9-25/h11-14,16-19,25,28H,4-10,15,20-22H2,1-3H3/b23-16+. The molecular formula is C31H41FN2O3. The summed E-state index contributed by atoms with van der Waals surface area (Å²) in [6, 6.07) is 12.2.